The predicted molar refractivity (Wildman–Crippen MR) is 29.8 cm³/mol. The van der Waals surface area contributed by atoms with Gasteiger partial charge in [-0.25, -0.2) is 4.57 Å². The quantitative estimate of drug-likeness (QED) is 0.279. The molecule has 70 valence electrons. The van der Waals surface area contributed by atoms with Crippen molar-refractivity contribution in [3.8, 4) is 0 Å². The molecule has 0 heterocycles. The molecule has 0 unspecified atom stereocenters. The topological polar surface area (TPSA) is 204 Å². The fourth-order valence-electron chi connectivity index (χ4n) is 0. The second-order valence-electron chi connectivity index (χ2n) is 0.513. The van der Waals surface area contributed by atoms with Crippen molar-refractivity contribution in [3.05, 3.63) is 0 Å². The van der Waals surface area contributed by atoms with Crippen LogP contribution in [0, 0.1) is 0 Å². The van der Waals surface area contributed by atoms with Crippen molar-refractivity contribution >= 4 is 7.82 Å². The summed E-state index contributed by atoms with van der Waals surface area (Å²) in [6.07, 6.45) is 0. The molecule has 11 heteroatoms. The molecule has 0 radical (unpaired) electrons. The summed E-state index contributed by atoms with van der Waals surface area (Å²) >= 11 is 0. The van der Waals surface area contributed by atoms with Crippen LogP contribution in [-0.4, -0.2) is 36.6 Å². The van der Waals surface area contributed by atoms with Gasteiger partial charge in [0, 0.05) is 21.7 Å². The number of hydrogen-bond donors (Lipinski definition) is 3. The zero-order valence-corrected chi connectivity index (χ0v) is 10.2. The minimum Gasteiger partial charge on any atom is -1.00 e. The molecule has 0 rings (SSSR count). The van der Waals surface area contributed by atoms with Crippen LogP contribution in [-0.2, 0) is 26.3 Å². The first-order valence-electron chi connectivity index (χ1n) is 0.783. The third kappa shape index (κ3) is 393. The van der Waals surface area contributed by atoms with Crippen LogP contribution in [0.2, 0.25) is 0 Å². The van der Waals surface area contributed by atoms with Crippen molar-refractivity contribution in [3.63, 3.8) is 0 Å². The van der Waals surface area contributed by atoms with E-state index in [0.29, 0.717) is 0 Å². The molecule has 0 aliphatic heterocycles. The maximum atomic E-state index is 8.88. The molecule has 0 aromatic heterocycles. The predicted octanol–water partition coefficient (Wildman–Crippen LogP) is -7.11. The van der Waals surface area contributed by atoms with Gasteiger partial charge in [-0.05, 0) is 0 Å². The van der Waals surface area contributed by atoms with E-state index >= 15 is 0 Å². The maximum absolute atomic E-state index is 8.88. The monoisotopic (exact) mass is 242 g/mol. The van der Waals surface area contributed by atoms with Crippen LogP contribution in [0.25, 0.3) is 0 Å². The average molecular weight is 242 g/mol. The van der Waals surface area contributed by atoms with E-state index in [-0.39, 0.29) is 74.6 Å². The summed E-state index contributed by atoms with van der Waals surface area (Å²) in [5.41, 5.74) is 0. The van der Waals surface area contributed by atoms with Crippen molar-refractivity contribution < 1.29 is 93.9 Å². The SMILES string of the molecule is O.O.O.O.O=P(O)(O)O.[H-].[Na+].[Ti]. The smallest absolute Gasteiger partial charge is 1.00 e. The number of rotatable bonds is 0. The molecule has 11 heavy (non-hydrogen) atoms. The Hall–Kier alpha value is 1.66. The van der Waals surface area contributed by atoms with Crippen LogP contribution >= 0.6 is 7.82 Å². The zero-order valence-electron chi connectivity index (χ0n) is 6.70. The zero-order chi connectivity index (χ0) is 4.50. The van der Waals surface area contributed by atoms with Gasteiger partial charge in [0.1, 0.15) is 0 Å². The Labute approximate surface area is 101 Å². The van der Waals surface area contributed by atoms with Gasteiger partial charge in [0.2, 0.25) is 0 Å². The van der Waals surface area contributed by atoms with Crippen molar-refractivity contribution in [2.75, 3.05) is 0 Å². The third-order valence-electron chi connectivity index (χ3n) is 0. The maximum Gasteiger partial charge on any atom is 1.00 e. The van der Waals surface area contributed by atoms with Gasteiger partial charge in [0.25, 0.3) is 0 Å². The molecule has 0 aromatic carbocycles. The molecule has 11 N–H and O–H groups in total. The summed E-state index contributed by atoms with van der Waals surface area (Å²) in [7, 11) is -4.64. The fraction of sp³-hybridized carbons (Fsp3) is 0. The summed E-state index contributed by atoms with van der Waals surface area (Å²) in [4.78, 5) is 21.6. The molecule has 0 atom stereocenters. The Morgan fingerprint density at radius 2 is 0.909 bits per heavy atom. The largest absolute Gasteiger partial charge is 1.00 e. The second-order valence-corrected chi connectivity index (χ2v) is 1.54. The van der Waals surface area contributed by atoms with Crippen molar-refractivity contribution in [2.45, 2.75) is 0 Å². The van der Waals surface area contributed by atoms with E-state index in [0.717, 1.165) is 0 Å². The van der Waals surface area contributed by atoms with Gasteiger partial charge >= 0.3 is 37.4 Å². The first-order chi connectivity index (χ1) is 2.00. The second kappa shape index (κ2) is 22.6. The molecule has 0 amide bonds. The normalized spacial score (nSPS) is 5.36. The summed E-state index contributed by atoms with van der Waals surface area (Å²) in [5, 5.41) is 0. The molecule has 0 aliphatic rings. The van der Waals surface area contributed by atoms with Crippen LogP contribution in [0.3, 0.4) is 0 Å². The summed E-state index contributed by atoms with van der Waals surface area (Å²) in [6, 6.07) is 0. The van der Waals surface area contributed by atoms with Crippen molar-refractivity contribution in [2.24, 2.45) is 0 Å². The van der Waals surface area contributed by atoms with E-state index in [1.54, 1.807) is 0 Å². The van der Waals surface area contributed by atoms with Crippen LogP contribution in [0.4, 0.5) is 0 Å². The Morgan fingerprint density at radius 1 is 0.909 bits per heavy atom. The van der Waals surface area contributed by atoms with Gasteiger partial charge in [-0.3, -0.25) is 0 Å². The fourth-order valence-corrected chi connectivity index (χ4v) is 0. The molecule has 0 saturated carbocycles. The Bertz CT molecular complexity index is 65.2. The van der Waals surface area contributed by atoms with E-state index in [1.165, 1.54) is 0 Å². The average Bonchev–Trinajstić information content (AvgIpc) is 0.722. The Balaban J connectivity index is -0.00000000381. The molecule has 0 bridgehead atoms. The van der Waals surface area contributed by atoms with Crippen molar-refractivity contribution in [1.82, 2.24) is 0 Å². The van der Waals surface area contributed by atoms with Gasteiger partial charge in [0.05, 0.1) is 0 Å². The van der Waals surface area contributed by atoms with E-state index in [2.05, 4.69) is 0 Å². The molecule has 0 aromatic rings. The number of hydrogen-bond acceptors (Lipinski definition) is 1. The van der Waals surface area contributed by atoms with Gasteiger partial charge < -0.3 is 38.0 Å². The Morgan fingerprint density at radius 3 is 0.909 bits per heavy atom. The van der Waals surface area contributed by atoms with E-state index in [1.807, 2.05) is 0 Å². The van der Waals surface area contributed by atoms with E-state index < -0.39 is 7.82 Å². The van der Waals surface area contributed by atoms with Crippen LogP contribution < -0.4 is 29.6 Å². The summed E-state index contributed by atoms with van der Waals surface area (Å²) in [6.45, 7) is 0. The molecule has 8 nitrogen and oxygen atoms in total. The first-order valence-corrected chi connectivity index (χ1v) is 2.35. The molecule has 0 saturated heterocycles. The molecule has 0 aliphatic carbocycles. The summed E-state index contributed by atoms with van der Waals surface area (Å²) in [5.74, 6) is 0. The standard InChI is InChI=1S/Na.H3O4P.4H2O.Ti.H/c;1-5(2,3)4;;;;;;/h;(H3,1,2,3,4);4*1H2;;/q+1;;;;;;;-1. The summed E-state index contributed by atoms with van der Waals surface area (Å²) < 4.78 is 8.88. The molecule has 0 fully saturated rings. The van der Waals surface area contributed by atoms with E-state index in [9.17, 15) is 0 Å². The van der Waals surface area contributed by atoms with Gasteiger partial charge in [0.15, 0.2) is 0 Å². The van der Waals surface area contributed by atoms with Crippen LogP contribution in [0.15, 0.2) is 0 Å². The van der Waals surface area contributed by atoms with Crippen LogP contribution in [0.1, 0.15) is 1.43 Å². The minimum absolute atomic E-state index is 0. The van der Waals surface area contributed by atoms with Gasteiger partial charge in [-0.15, -0.1) is 0 Å². The third-order valence-corrected chi connectivity index (χ3v) is 0. The molecular formula is H12NaO8PTi. The number of phosphoric acid groups is 1. The molecular weight excluding hydrogens is 230 g/mol. The first kappa shape index (κ1) is 53.7. The van der Waals surface area contributed by atoms with E-state index in [4.69, 9.17) is 19.2 Å². The van der Waals surface area contributed by atoms with Gasteiger partial charge in [-0.1, -0.05) is 0 Å². The Kier molecular flexibility index (Phi) is 110. The molecule has 0 spiro atoms. The van der Waals surface area contributed by atoms with Crippen molar-refractivity contribution in [1.29, 1.82) is 0 Å². The minimum atomic E-state index is -4.64. The van der Waals surface area contributed by atoms with Crippen LogP contribution in [0.5, 0.6) is 0 Å². The van der Waals surface area contributed by atoms with Gasteiger partial charge in [-0.2, -0.15) is 0 Å².